The molecule has 2 aromatic carbocycles. The molecule has 0 spiro atoms. The first kappa shape index (κ1) is 19.4. The van der Waals surface area contributed by atoms with Gasteiger partial charge in [-0.2, -0.15) is 5.10 Å². The summed E-state index contributed by atoms with van der Waals surface area (Å²) in [5.41, 5.74) is 3.70. The molecule has 0 aliphatic heterocycles. The summed E-state index contributed by atoms with van der Waals surface area (Å²) in [6.45, 7) is 1.93. The molecule has 1 unspecified atom stereocenters. The van der Waals surface area contributed by atoms with Crippen LogP contribution < -0.4 is 10.1 Å². The van der Waals surface area contributed by atoms with Crippen LogP contribution in [0.1, 0.15) is 28.9 Å². The highest BCUT2D eigenvalue weighted by molar-refractivity contribution is 6.00. The summed E-state index contributed by atoms with van der Waals surface area (Å²) in [4.78, 5) is 17.3. The van der Waals surface area contributed by atoms with Crippen molar-refractivity contribution in [1.29, 1.82) is 0 Å². The fourth-order valence-electron chi connectivity index (χ4n) is 3.23. The fourth-order valence-corrected chi connectivity index (χ4v) is 3.23. The molecule has 0 radical (unpaired) electrons. The molecule has 1 atom stereocenters. The number of ether oxygens (including phenoxy) is 1. The first-order chi connectivity index (χ1) is 14.7. The van der Waals surface area contributed by atoms with E-state index in [0.29, 0.717) is 17.0 Å². The highest BCUT2D eigenvalue weighted by atomic mass is 16.5. The molecule has 0 fully saturated rings. The molecule has 6 nitrogen and oxygen atoms in total. The van der Waals surface area contributed by atoms with Crippen LogP contribution in [0.4, 0.5) is 0 Å². The predicted molar refractivity (Wildman–Crippen MR) is 116 cm³/mol. The van der Waals surface area contributed by atoms with Gasteiger partial charge in [0.05, 0.1) is 24.4 Å². The summed E-state index contributed by atoms with van der Waals surface area (Å²) in [6.07, 6.45) is 5.22. The summed E-state index contributed by atoms with van der Waals surface area (Å²) in [5, 5.41) is 7.77. The third-order valence-electron chi connectivity index (χ3n) is 4.85. The Kier molecular flexibility index (Phi) is 5.57. The molecule has 1 amide bonds. The molecule has 0 bridgehead atoms. The van der Waals surface area contributed by atoms with E-state index in [1.165, 1.54) is 0 Å². The zero-order valence-electron chi connectivity index (χ0n) is 16.8. The summed E-state index contributed by atoms with van der Waals surface area (Å²) >= 11 is 0. The van der Waals surface area contributed by atoms with Crippen molar-refractivity contribution < 1.29 is 9.53 Å². The van der Waals surface area contributed by atoms with Crippen LogP contribution in [-0.2, 0) is 0 Å². The first-order valence-electron chi connectivity index (χ1n) is 9.66. The van der Waals surface area contributed by atoms with E-state index >= 15 is 0 Å². The number of benzene rings is 2. The Morgan fingerprint density at radius 3 is 2.63 bits per heavy atom. The van der Waals surface area contributed by atoms with Gasteiger partial charge in [-0.15, -0.1) is 0 Å². The van der Waals surface area contributed by atoms with Gasteiger partial charge in [0.25, 0.3) is 5.91 Å². The van der Waals surface area contributed by atoms with Gasteiger partial charge >= 0.3 is 0 Å². The van der Waals surface area contributed by atoms with Gasteiger partial charge in [0.1, 0.15) is 11.4 Å². The van der Waals surface area contributed by atoms with Crippen LogP contribution in [-0.4, -0.2) is 27.8 Å². The Morgan fingerprint density at radius 2 is 1.90 bits per heavy atom. The van der Waals surface area contributed by atoms with E-state index in [1.54, 1.807) is 30.4 Å². The normalized spacial score (nSPS) is 11.7. The Morgan fingerprint density at radius 1 is 1.07 bits per heavy atom. The SMILES string of the molecule is COc1cccc(-c2nn(-c3ccccc3)cc2C(=O)NC(C)c2cccnc2)c1. The molecule has 2 heterocycles. The minimum absolute atomic E-state index is 0.190. The lowest BCUT2D eigenvalue weighted by Gasteiger charge is -2.13. The predicted octanol–water partition coefficient (Wildman–Crippen LogP) is 4.43. The molecule has 4 rings (SSSR count). The van der Waals surface area contributed by atoms with Gasteiger partial charge in [0, 0.05) is 24.2 Å². The van der Waals surface area contributed by atoms with Crippen molar-refractivity contribution in [2.45, 2.75) is 13.0 Å². The van der Waals surface area contributed by atoms with Crippen molar-refractivity contribution >= 4 is 5.91 Å². The van der Waals surface area contributed by atoms with Gasteiger partial charge in [-0.3, -0.25) is 9.78 Å². The maximum Gasteiger partial charge on any atom is 0.255 e. The van der Waals surface area contributed by atoms with E-state index < -0.39 is 0 Å². The number of pyridine rings is 1. The second-order valence-electron chi connectivity index (χ2n) is 6.88. The molecule has 4 aromatic rings. The third kappa shape index (κ3) is 4.07. The van der Waals surface area contributed by atoms with Gasteiger partial charge in [0.15, 0.2) is 0 Å². The van der Waals surface area contributed by atoms with E-state index in [1.807, 2.05) is 73.7 Å². The van der Waals surface area contributed by atoms with Crippen LogP contribution in [0.15, 0.2) is 85.3 Å². The number of carbonyl (C=O) groups excluding carboxylic acids is 1. The zero-order chi connectivity index (χ0) is 20.9. The van der Waals surface area contributed by atoms with Crippen molar-refractivity contribution in [3.63, 3.8) is 0 Å². The molecule has 2 aromatic heterocycles. The number of carbonyl (C=O) groups is 1. The van der Waals surface area contributed by atoms with Gasteiger partial charge in [0.2, 0.25) is 0 Å². The topological polar surface area (TPSA) is 69.0 Å². The van der Waals surface area contributed by atoms with Crippen LogP contribution in [0.2, 0.25) is 0 Å². The van der Waals surface area contributed by atoms with E-state index in [-0.39, 0.29) is 11.9 Å². The highest BCUT2D eigenvalue weighted by Gasteiger charge is 2.21. The second-order valence-corrected chi connectivity index (χ2v) is 6.88. The molecule has 1 N–H and O–H groups in total. The smallest absolute Gasteiger partial charge is 0.255 e. The van der Waals surface area contributed by atoms with Crippen LogP contribution in [0.5, 0.6) is 5.75 Å². The molecule has 0 saturated heterocycles. The number of rotatable bonds is 6. The molecular weight excluding hydrogens is 376 g/mol. The number of aromatic nitrogens is 3. The maximum absolute atomic E-state index is 13.2. The van der Waals surface area contributed by atoms with Gasteiger partial charge in [-0.1, -0.05) is 36.4 Å². The van der Waals surface area contributed by atoms with Crippen LogP contribution >= 0.6 is 0 Å². The zero-order valence-corrected chi connectivity index (χ0v) is 16.8. The second kappa shape index (κ2) is 8.61. The average Bonchev–Trinajstić information content (AvgIpc) is 3.26. The summed E-state index contributed by atoms with van der Waals surface area (Å²) in [7, 11) is 1.62. The standard InChI is InChI=1S/C24H22N4O2/c1-17(19-9-7-13-25-15-19)26-24(29)22-16-28(20-10-4-3-5-11-20)27-23(22)18-8-6-12-21(14-18)30-2/h3-17H,1-2H3,(H,26,29). The number of nitrogens with zero attached hydrogens (tertiary/aromatic N) is 3. The molecule has 30 heavy (non-hydrogen) atoms. The summed E-state index contributed by atoms with van der Waals surface area (Å²) in [6, 6.07) is 20.9. The van der Waals surface area contributed by atoms with E-state index in [0.717, 1.165) is 16.8 Å². The van der Waals surface area contributed by atoms with Crippen molar-refractivity contribution in [2.24, 2.45) is 0 Å². The first-order valence-corrected chi connectivity index (χ1v) is 9.66. The van der Waals surface area contributed by atoms with Crippen LogP contribution in [0, 0.1) is 0 Å². The number of amides is 1. The van der Waals surface area contributed by atoms with Crippen molar-refractivity contribution in [2.75, 3.05) is 7.11 Å². The van der Waals surface area contributed by atoms with Crippen molar-refractivity contribution in [3.05, 3.63) is 96.4 Å². The van der Waals surface area contributed by atoms with Gasteiger partial charge in [-0.25, -0.2) is 4.68 Å². The van der Waals surface area contributed by atoms with Gasteiger partial charge < -0.3 is 10.1 Å². The summed E-state index contributed by atoms with van der Waals surface area (Å²) < 4.78 is 7.07. The minimum atomic E-state index is -0.202. The molecule has 150 valence electrons. The number of hydrogen-bond acceptors (Lipinski definition) is 4. The van der Waals surface area contributed by atoms with Gasteiger partial charge in [-0.05, 0) is 42.8 Å². The maximum atomic E-state index is 13.2. The fraction of sp³-hybridized carbons (Fsp3) is 0.125. The van der Waals surface area contributed by atoms with Crippen molar-refractivity contribution in [3.8, 4) is 22.7 Å². The quantitative estimate of drug-likeness (QED) is 0.522. The molecule has 6 heteroatoms. The lowest BCUT2D eigenvalue weighted by atomic mass is 10.1. The monoisotopic (exact) mass is 398 g/mol. The number of methoxy groups -OCH3 is 1. The Bertz CT molecular complexity index is 1140. The lowest BCUT2D eigenvalue weighted by Crippen LogP contribution is -2.26. The molecular formula is C24H22N4O2. The minimum Gasteiger partial charge on any atom is -0.497 e. The third-order valence-corrected chi connectivity index (χ3v) is 4.85. The van der Waals surface area contributed by atoms with Crippen LogP contribution in [0.25, 0.3) is 16.9 Å². The summed E-state index contributed by atoms with van der Waals surface area (Å²) in [5.74, 6) is 0.503. The lowest BCUT2D eigenvalue weighted by molar-refractivity contribution is 0.0940. The Labute approximate surface area is 175 Å². The number of nitrogens with one attached hydrogen (secondary N) is 1. The molecule has 0 aliphatic carbocycles. The average molecular weight is 398 g/mol. The molecule has 0 aliphatic rings. The number of hydrogen-bond donors (Lipinski definition) is 1. The van der Waals surface area contributed by atoms with E-state index in [9.17, 15) is 4.79 Å². The van der Waals surface area contributed by atoms with E-state index in [4.69, 9.17) is 9.84 Å². The van der Waals surface area contributed by atoms with Crippen LogP contribution in [0.3, 0.4) is 0 Å². The largest absolute Gasteiger partial charge is 0.497 e. The Hall–Kier alpha value is -3.93. The highest BCUT2D eigenvalue weighted by Crippen LogP contribution is 2.27. The number of para-hydroxylation sites is 1. The van der Waals surface area contributed by atoms with Crippen molar-refractivity contribution in [1.82, 2.24) is 20.1 Å². The molecule has 0 saturated carbocycles. The van der Waals surface area contributed by atoms with E-state index in [2.05, 4.69) is 10.3 Å². The Balaban J connectivity index is 1.73.